The second-order valence-electron chi connectivity index (χ2n) is 6.04. The fourth-order valence-electron chi connectivity index (χ4n) is 3.05. The van der Waals surface area contributed by atoms with E-state index in [1.807, 2.05) is 0 Å². The van der Waals surface area contributed by atoms with Crippen molar-refractivity contribution < 1.29 is 28.3 Å². The zero-order valence-corrected chi connectivity index (χ0v) is 14.0. The van der Waals surface area contributed by atoms with Crippen LogP contribution in [0.1, 0.15) is 12.1 Å². The number of esters is 1. The summed E-state index contributed by atoms with van der Waals surface area (Å²) in [6.07, 6.45) is 3.44. The molecule has 0 radical (unpaired) electrons. The SMILES string of the molecule is COc1c2cc(F)c3c1c(CCN1CCC1)nn3OC(=O)/C=C/C(=O)O2. The Morgan fingerprint density at radius 1 is 1.27 bits per heavy atom. The third kappa shape index (κ3) is 2.80. The summed E-state index contributed by atoms with van der Waals surface area (Å²) < 4.78 is 25.2. The molecule has 0 aliphatic carbocycles. The van der Waals surface area contributed by atoms with E-state index >= 15 is 0 Å². The first-order valence-corrected chi connectivity index (χ1v) is 8.19. The fraction of sp³-hybridized carbons (Fsp3) is 0.353. The highest BCUT2D eigenvalue weighted by Crippen LogP contribution is 2.39. The molecule has 0 atom stereocenters. The quantitative estimate of drug-likeness (QED) is 0.590. The van der Waals surface area contributed by atoms with Crippen molar-refractivity contribution in [2.45, 2.75) is 12.8 Å². The van der Waals surface area contributed by atoms with Gasteiger partial charge in [0.15, 0.2) is 22.8 Å². The van der Waals surface area contributed by atoms with Gasteiger partial charge in [0, 0.05) is 31.2 Å². The first-order valence-electron chi connectivity index (χ1n) is 8.19. The van der Waals surface area contributed by atoms with E-state index in [4.69, 9.17) is 14.3 Å². The predicted molar refractivity (Wildman–Crippen MR) is 87.4 cm³/mol. The Hall–Kier alpha value is -2.94. The molecule has 1 aromatic heterocycles. The lowest BCUT2D eigenvalue weighted by molar-refractivity contribution is -0.139. The Morgan fingerprint density at radius 2 is 2.04 bits per heavy atom. The predicted octanol–water partition coefficient (Wildman–Crippen LogP) is 0.863. The van der Waals surface area contributed by atoms with Crippen LogP contribution in [0.3, 0.4) is 0 Å². The van der Waals surface area contributed by atoms with Gasteiger partial charge in [0.2, 0.25) is 0 Å². The van der Waals surface area contributed by atoms with Crippen LogP contribution < -0.4 is 14.3 Å². The van der Waals surface area contributed by atoms with Crippen molar-refractivity contribution in [1.29, 1.82) is 0 Å². The largest absolute Gasteiger partial charge is 0.492 e. The molecule has 9 heteroatoms. The summed E-state index contributed by atoms with van der Waals surface area (Å²) >= 11 is 0. The Labute approximate surface area is 147 Å². The van der Waals surface area contributed by atoms with Gasteiger partial charge >= 0.3 is 11.9 Å². The normalized spacial score (nSPS) is 18.4. The topological polar surface area (TPSA) is 82.9 Å². The molecule has 2 aromatic rings. The molecule has 4 bridgehead atoms. The lowest BCUT2D eigenvalue weighted by Crippen LogP contribution is -2.38. The van der Waals surface area contributed by atoms with Crippen molar-refractivity contribution in [3.05, 3.63) is 29.7 Å². The number of aromatic nitrogens is 2. The van der Waals surface area contributed by atoms with E-state index in [1.165, 1.54) is 7.11 Å². The lowest BCUT2D eigenvalue weighted by atomic mass is 10.1. The summed E-state index contributed by atoms with van der Waals surface area (Å²) in [6.45, 7) is 2.74. The summed E-state index contributed by atoms with van der Waals surface area (Å²) in [5.41, 5.74) is 0.460. The molecule has 1 saturated heterocycles. The van der Waals surface area contributed by atoms with Crippen LogP contribution in [0, 0.1) is 5.82 Å². The molecule has 0 amide bonds. The van der Waals surface area contributed by atoms with E-state index in [2.05, 4.69) is 10.00 Å². The van der Waals surface area contributed by atoms with Crippen LogP contribution >= 0.6 is 0 Å². The Morgan fingerprint density at radius 3 is 2.73 bits per heavy atom. The Balaban J connectivity index is 1.89. The van der Waals surface area contributed by atoms with E-state index in [9.17, 15) is 14.0 Å². The minimum Gasteiger partial charge on any atom is -0.492 e. The minimum atomic E-state index is -0.872. The fourth-order valence-corrected chi connectivity index (χ4v) is 3.05. The van der Waals surface area contributed by atoms with Gasteiger partial charge in [-0.05, 0) is 19.5 Å². The number of methoxy groups -OCH3 is 1. The zero-order chi connectivity index (χ0) is 18.3. The standard InChI is InChI=1S/C17H16FN3O5/c1-24-17-12-9-10(18)16-15(17)11(5-8-20-6-2-7-20)19-21(16)26-14(23)4-3-13(22)25-12/h3-4,9H,2,5-8H2,1H3/b4-3+. The summed E-state index contributed by atoms with van der Waals surface area (Å²) in [5, 5.41) is 4.57. The van der Waals surface area contributed by atoms with Gasteiger partial charge in [0.1, 0.15) is 0 Å². The summed E-state index contributed by atoms with van der Waals surface area (Å²) in [5.74, 6) is -2.35. The van der Waals surface area contributed by atoms with E-state index in [0.717, 1.165) is 49.1 Å². The number of hydrogen-bond acceptors (Lipinski definition) is 7. The monoisotopic (exact) mass is 361 g/mol. The number of likely N-dealkylation sites (tertiary alicyclic amines) is 1. The molecule has 0 spiro atoms. The number of rotatable bonds is 4. The van der Waals surface area contributed by atoms with Crippen molar-refractivity contribution in [3.63, 3.8) is 0 Å². The van der Waals surface area contributed by atoms with Crippen molar-refractivity contribution in [2.24, 2.45) is 0 Å². The number of carbonyl (C=O) groups is 2. The van der Waals surface area contributed by atoms with E-state index in [-0.39, 0.29) is 17.0 Å². The van der Waals surface area contributed by atoms with Gasteiger partial charge in [0.05, 0.1) is 18.2 Å². The number of carbonyl (C=O) groups excluding carboxylic acids is 2. The molecule has 0 saturated carbocycles. The molecular weight excluding hydrogens is 345 g/mol. The summed E-state index contributed by atoms with van der Waals surface area (Å²) in [7, 11) is 1.39. The number of ether oxygens (including phenoxy) is 2. The average molecular weight is 361 g/mol. The van der Waals surface area contributed by atoms with Crippen LogP contribution in [0.15, 0.2) is 18.2 Å². The third-order valence-corrected chi connectivity index (χ3v) is 4.42. The summed E-state index contributed by atoms with van der Waals surface area (Å²) in [4.78, 5) is 31.8. The van der Waals surface area contributed by atoms with Crippen LogP contribution in [-0.2, 0) is 16.0 Å². The molecule has 1 aromatic carbocycles. The van der Waals surface area contributed by atoms with Gasteiger partial charge in [-0.15, -0.1) is 5.10 Å². The molecular formula is C17H16FN3O5. The molecule has 3 aliphatic heterocycles. The molecule has 136 valence electrons. The number of nitrogens with zero attached hydrogens (tertiary/aromatic N) is 3. The van der Waals surface area contributed by atoms with Crippen molar-refractivity contribution in [2.75, 3.05) is 26.7 Å². The van der Waals surface area contributed by atoms with Crippen LogP contribution in [0.2, 0.25) is 0 Å². The highest BCUT2D eigenvalue weighted by molar-refractivity contribution is 5.97. The zero-order valence-electron chi connectivity index (χ0n) is 14.0. The second-order valence-corrected chi connectivity index (χ2v) is 6.04. The number of benzene rings is 1. The number of halogens is 1. The van der Waals surface area contributed by atoms with Gasteiger partial charge < -0.3 is 19.2 Å². The minimum absolute atomic E-state index is 0.0380. The van der Waals surface area contributed by atoms with Crippen molar-refractivity contribution in [1.82, 2.24) is 14.8 Å². The molecule has 3 aliphatic rings. The van der Waals surface area contributed by atoms with Gasteiger partial charge in [-0.3, -0.25) is 0 Å². The highest BCUT2D eigenvalue weighted by Gasteiger charge is 2.27. The van der Waals surface area contributed by atoms with E-state index < -0.39 is 17.8 Å². The molecule has 4 heterocycles. The molecule has 0 N–H and O–H groups in total. The lowest BCUT2D eigenvalue weighted by Gasteiger charge is -2.30. The van der Waals surface area contributed by atoms with Crippen LogP contribution in [0.25, 0.3) is 10.9 Å². The van der Waals surface area contributed by atoms with Crippen LogP contribution in [-0.4, -0.2) is 53.5 Å². The molecule has 8 nitrogen and oxygen atoms in total. The van der Waals surface area contributed by atoms with Gasteiger partial charge in [0.25, 0.3) is 0 Å². The number of fused-ring (bicyclic) bond motifs is 5. The number of hydrogen-bond donors (Lipinski definition) is 0. The maximum absolute atomic E-state index is 14.7. The first-order chi connectivity index (χ1) is 12.6. The Bertz CT molecular complexity index is 932. The van der Waals surface area contributed by atoms with Crippen molar-refractivity contribution in [3.8, 4) is 11.5 Å². The smallest absolute Gasteiger partial charge is 0.358 e. The van der Waals surface area contributed by atoms with Gasteiger partial charge in [-0.2, -0.15) is 0 Å². The highest BCUT2D eigenvalue weighted by atomic mass is 19.1. The first kappa shape index (κ1) is 16.5. The third-order valence-electron chi connectivity index (χ3n) is 4.42. The molecule has 26 heavy (non-hydrogen) atoms. The maximum atomic E-state index is 14.7. The van der Waals surface area contributed by atoms with E-state index in [1.54, 1.807) is 0 Å². The van der Waals surface area contributed by atoms with Gasteiger partial charge in [-0.1, -0.05) is 4.85 Å². The average Bonchev–Trinajstić information content (AvgIpc) is 2.89. The maximum Gasteiger partial charge on any atom is 0.358 e. The molecule has 5 rings (SSSR count). The van der Waals surface area contributed by atoms with E-state index in [0.29, 0.717) is 17.5 Å². The van der Waals surface area contributed by atoms with Crippen LogP contribution in [0.5, 0.6) is 11.5 Å². The van der Waals surface area contributed by atoms with Crippen LogP contribution in [0.4, 0.5) is 4.39 Å². The summed E-state index contributed by atoms with van der Waals surface area (Å²) in [6, 6.07) is 1.02. The molecule has 0 unspecified atom stereocenters. The molecule has 1 fully saturated rings. The van der Waals surface area contributed by atoms with Gasteiger partial charge in [-0.25, -0.2) is 14.0 Å². The van der Waals surface area contributed by atoms with Crippen molar-refractivity contribution >= 4 is 22.8 Å². The Kier molecular flexibility index (Phi) is 4.08. The second kappa shape index (κ2) is 6.41.